The maximum Gasteiger partial charge on any atom is 0.158 e. The van der Waals surface area contributed by atoms with E-state index in [9.17, 15) is 0 Å². The molecule has 5 heteroatoms. The van der Waals surface area contributed by atoms with Crippen LogP contribution >= 0.6 is 0 Å². The molecule has 2 heterocycles. The molecule has 0 bridgehead atoms. The van der Waals surface area contributed by atoms with Crippen LogP contribution in [0.15, 0.2) is 22.9 Å². The van der Waals surface area contributed by atoms with Crippen molar-refractivity contribution >= 4 is 0 Å². The first-order chi connectivity index (χ1) is 8.29. The number of rotatable bonds is 6. The monoisotopic (exact) mass is 234 g/mol. The van der Waals surface area contributed by atoms with Crippen LogP contribution in [0.5, 0.6) is 0 Å². The average molecular weight is 234 g/mol. The van der Waals surface area contributed by atoms with E-state index in [-0.39, 0.29) is 0 Å². The largest absolute Gasteiger partial charge is 0.359 e. The smallest absolute Gasteiger partial charge is 0.158 e. The van der Waals surface area contributed by atoms with Crippen LogP contribution in [0, 0.1) is 6.92 Å². The number of hydrogen-bond acceptors (Lipinski definition) is 4. The van der Waals surface area contributed by atoms with E-state index in [1.807, 2.05) is 23.7 Å². The van der Waals surface area contributed by atoms with Crippen molar-refractivity contribution in [3.05, 3.63) is 35.5 Å². The van der Waals surface area contributed by atoms with Crippen LogP contribution in [-0.4, -0.2) is 21.5 Å². The minimum Gasteiger partial charge on any atom is -0.359 e. The van der Waals surface area contributed by atoms with Crippen molar-refractivity contribution in [2.45, 2.75) is 33.4 Å². The van der Waals surface area contributed by atoms with Gasteiger partial charge in [0.05, 0.1) is 5.69 Å². The quantitative estimate of drug-likeness (QED) is 0.773. The van der Waals surface area contributed by atoms with Crippen LogP contribution in [0.1, 0.15) is 30.5 Å². The third-order valence-corrected chi connectivity index (χ3v) is 2.58. The predicted molar refractivity (Wildman–Crippen MR) is 64.6 cm³/mol. The van der Waals surface area contributed by atoms with Gasteiger partial charge in [0.15, 0.2) is 5.76 Å². The second-order valence-electron chi connectivity index (χ2n) is 4.09. The Balaban J connectivity index is 1.92. The first kappa shape index (κ1) is 11.9. The van der Waals surface area contributed by atoms with E-state index >= 15 is 0 Å². The molecule has 0 saturated carbocycles. The van der Waals surface area contributed by atoms with Gasteiger partial charge in [0.2, 0.25) is 0 Å². The predicted octanol–water partition coefficient (Wildman–Crippen LogP) is 1.73. The lowest BCUT2D eigenvalue weighted by Crippen LogP contribution is -2.13. The van der Waals surface area contributed by atoms with E-state index in [0.717, 1.165) is 36.7 Å². The van der Waals surface area contributed by atoms with Gasteiger partial charge in [0, 0.05) is 24.5 Å². The molecule has 0 aliphatic heterocycles. The molecule has 1 N–H and O–H groups in total. The van der Waals surface area contributed by atoms with Gasteiger partial charge in [-0.15, -0.1) is 0 Å². The Bertz CT molecular complexity index is 461. The van der Waals surface area contributed by atoms with E-state index in [4.69, 9.17) is 4.52 Å². The molecule has 0 aliphatic rings. The van der Waals surface area contributed by atoms with Crippen molar-refractivity contribution in [1.82, 2.24) is 20.3 Å². The molecular formula is C12H18N4O. The van der Waals surface area contributed by atoms with Gasteiger partial charge in [-0.3, -0.25) is 4.68 Å². The molecule has 92 valence electrons. The van der Waals surface area contributed by atoms with Gasteiger partial charge < -0.3 is 9.84 Å². The standard InChI is InChI=1S/C12H18N4O/c1-3-5-13-8-11-7-12(17-15-11)9-16-10(2)4-6-14-16/h4,6-7,13H,3,5,8-9H2,1-2H3. The molecular weight excluding hydrogens is 216 g/mol. The van der Waals surface area contributed by atoms with Gasteiger partial charge in [-0.05, 0) is 26.0 Å². The number of nitrogens with one attached hydrogen (secondary N) is 1. The van der Waals surface area contributed by atoms with Crippen LogP contribution in [0.25, 0.3) is 0 Å². The first-order valence-corrected chi connectivity index (χ1v) is 5.93. The Labute approximate surface area is 101 Å². The molecule has 0 radical (unpaired) electrons. The van der Waals surface area contributed by atoms with E-state index in [2.05, 4.69) is 22.5 Å². The number of aryl methyl sites for hydroxylation is 1. The fraction of sp³-hybridized carbons (Fsp3) is 0.500. The molecule has 2 rings (SSSR count). The lowest BCUT2D eigenvalue weighted by molar-refractivity contribution is 0.363. The SMILES string of the molecule is CCCNCc1cc(Cn2nccc2C)on1. The average Bonchev–Trinajstić information content (AvgIpc) is 2.91. The molecule has 17 heavy (non-hydrogen) atoms. The van der Waals surface area contributed by atoms with Gasteiger partial charge in [-0.2, -0.15) is 5.10 Å². The summed E-state index contributed by atoms with van der Waals surface area (Å²) in [5.41, 5.74) is 2.06. The summed E-state index contributed by atoms with van der Waals surface area (Å²) < 4.78 is 7.17. The molecule has 0 aromatic carbocycles. The third-order valence-electron chi connectivity index (χ3n) is 2.58. The van der Waals surface area contributed by atoms with Crippen molar-refractivity contribution in [2.24, 2.45) is 0 Å². The van der Waals surface area contributed by atoms with Crippen LogP contribution in [0.4, 0.5) is 0 Å². The van der Waals surface area contributed by atoms with Gasteiger partial charge in [-0.25, -0.2) is 0 Å². The van der Waals surface area contributed by atoms with Gasteiger partial charge >= 0.3 is 0 Å². The zero-order valence-electron chi connectivity index (χ0n) is 10.3. The highest BCUT2D eigenvalue weighted by atomic mass is 16.5. The number of aromatic nitrogens is 3. The van der Waals surface area contributed by atoms with Crippen LogP contribution < -0.4 is 5.32 Å². The fourth-order valence-electron chi connectivity index (χ4n) is 1.62. The summed E-state index contributed by atoms with van der Waals surface area (Å²) >= 11 is 0. The maximum atomic E-state index is 5.27. The summed E-state index contributed by atoms with van der Waals surface area (Å²) in [6, 6.07) is 3.95. The molecule has 0 spiro atoms. The van der Waals surface area contributed by atoms with Gasteiger partial charge in [0.1, 0.15) is 6.54 Å². The normalized spacial score (nSPS) is 10.9. The Morgan fingerprint density at radius 1 is 1.47 bits per heavy atom. The molecule has 0 saturated heterocycles. The summed E-state index contributed by atoms with van der Waals surface area (Å²) in [6.07, 6.45) is 2.91. The third kappa shape index (κ3) is 3.17. The number of hydrogen-bond donors (Lipinski definition) is 1. The van der Waals surface area contributed by atoms with Gasteiger partial charge in [0.25, 0.3) is 0 Å². The number of nitrogens with zero attached hydrogens (tertiary/aromatic N) is 3. The highest BCUT2D eigenvalue weighted by Crippen LogP contribution is 2.07. The molecule has 2 aromatic heterocycles. The molecule has 2 aromatic rings. The van der Waals surface area contributed by atoms with E-state index in [0.29, 0.717) is 6.54 Å². The summed E-state index contributed by atoms with van der Waals surface area (Å²) in [7, 11) is 0. The highest BCUT2D eigenvalue weighted by molar-refractivity contribution is 5.07. The van der Waals surface area contributed by atoms with E-state index in [1.54, 1.807) is 6.20 Å². The van der Waals surface area contributed by atoms with Crippen molar-refractivity contribution in [1.29, 1.82) is 0 Å². The lowest BCUT2D eigenvalue weighted by Gasteiger charge is -1.99. The molecule has 0 aliphatic carbocycles. The summed E-state index contributed by atoms with van der Waals surface area (Å²) in [6.45, 7) is 6.56. The summed E-state index contributed by atoms with van der Waals surface area (Å²) in [5.74, 6) is 0.838. The Hall–Kier alpha value is -1.62. The van der Waals surface area contributed by atoms with Crippen molar-refractivity contribution in [3.63, 3.8) is 0 Å². The Kier molecular flexibility index (Phi) is 3.93. The van der Waals surface area contributed by atoms with Crippen LogP contribution in [0.3, 0.4) is 0 Å². The zero-order chi connectivity index (χ0) is 12.1. The molecule has 0 amide bonds. The van der Waals surface area contributed by atoms with Crippen LogP contribution in [0.2, 0.25) is 0 Å². The van der Waals surface area contributed by atoms with E-state index < -0.39 is 0 Å². The second-order valence-corrected chi connectivity index (χ2v) is 4.09. The van der Waals surface area contributed by atoms with Crippen molar-refractivity contribution in [3.8, 4) is 0 Å². The molecule has 0 unspecified atom stereocenters. The Morgan fingerprint density at radius 3 is 3.06 bits per heavy atom. The van der Waals surface area contributed by atoms with Gasteiger partial charge in [-0.1, -0.05) is 12.1 Å². The summed E-state index contributed by atoms with van der Waals surface area (Å²) in [5, 5.41) is 11.5. The Morgan fingerprint density at radius 2 is 2.35 bits per heavy atom. The molecule has 5 nitrogen and oxygen atoms in total. The molecule has 0 atom stereocenters. The topological polar surface area (TPSA) is 55.9 Å². The van der Waals surface area contributed by atoms with Crippen molar-refractivity contribution in [2.75, 3.05) is 6.54 Å². The second kappa shape index (κ2) is 5.63. The summed E-state index contributed by atoms with van der Waals surface area (Å²) in [4.78, 5) is 0. The highest BCUT2D eigenvalue weighted by Gasteiger charge is 2.06. The van der Waals surface area contributed by atoms with E-state index in [1.165, 1.54) is 0 Å². The lowest BCUT2D eigenvalue weighted by atomic mass is 10.3. The molecule has 0 fully saturated rings. The maximum absolute atomic E-state index is 5.27. The zero-order valence-corrected chi connectivity index (χ0v) is 10.3. The van der Waals surface area contributed by atoms with Crippen LogP contribution in [-0.2, 0) is 13.1 Å². The fourth-order valence-corrected chi connectivity index (χ4v) is 1.62. The first-order valence-electron chi connectivity index (χ1n) is 5.93. The van der Waals surface area contributed by atoms with Crippen molar-refractivity contribution < 1.29 is 4.52 Å². The minimum atomic E-state index is 0.639. The minimum absolute atomic E-state index is 0.639.